The van der Waals surface area contributed by atoms with Gasteiger partial charge in [-0.05, 0) is 55.4 Å². The summed E-state index contributed by atoms with van der Waals surface area (Å²) >= 11 is 0. The van der Waals surface area contributed by atoms with E-state index in [4.69, 9.17) is 4.74 Å². The molecule has 0 atom stereocenters. The third-order valence-corrected chi connectivity index (χ3v) is 5.84. The Morgan fingerprint density at radius 2 is 1.93 bits per heavy atom. The van der Waals surface area contributed by atoms with E-state index in [1.807, 2.05) is 0 Å². The van der Waals surface area contributed by atoms with Crippen LogP contribution in [0.25, 0.3) is 11.1 Å². The van der Waals surface area contributed by atoms with Gasteiger partial charge in [0.05, 0.1) is 12.7 Å². The molecule has 1 aliphatic carbocycles. The molecule has 0 radical (unpaired) electrons. The van der Waals surface area contributed by atoms with Gasteiger partial charge in [-0.2, -0.15) is 0 Å². The monoisotopic (exact) mass is 418 g/mol. The number of amides is 1. The van der Waals surface area contributed by atoms with Crippen LogP contribution in [0, 0.1) is 17.6 Å². The number of rotatable bonds is 6. The Kier molecular flexibility index (Phi) is 6.34. The Balaban J connectivity index is 1.90. The number of nitrogens with zero attached hydrogens (tertiary/aromatic N) is 1. The van der Waals surface area contributed by atoms with E-state index in [9.17, 15) is 23.5 Å². The van der Waals surface area contributed by atoms with Crippen LogP contribution in [0.3, 0.4) is 0 Å². The molecular formula is C22H24F2N2O4. The van der Waals surface area contributed by atoms with Crippen LogP contribution in [-0.4, -0.2) is 34.6 Å². The van der Waals surface area contributed by atoms with E-state index >= 15 is 0 Å². The lowest BCUT2D eigenvalue weighted by molar-refractivity contribution is -0.146. The van der Waals surface area contributed by atoms with E-state index in [1.165, 1.54) is 25.4 Å². The van der Waals surface area contributed by atoms with Crippen LogP contribution >= 0.6 is 0 Å². The van der Waals surface area contributed by atoms with Crippen molar-refractivity contribution in [3.8, 4) is 17.0 Å². The molecule has 1 amide bonds. The first-order valence-corrected chi connectivity index (χ1v) is 9.85. The van der Waals surface area contributed by atoms with Gasteiger partial charge >= 0.3 is 5.97 Å². The lowest BCUT2D eigenvalue weighted by Gasteiger charge is -2.37. The first kappa shape index (κ1) is 21.7. The number of carboxylic acids is 1. The van der Waals surface area contributed by atoms with Crippen molar-refractivity contribution in [2.75, 3.05) is 7.11 Å². The smallest absolute Gasteiger partial charge is 0.329 e. The van der Waals surface area contributed by atoms with Crippen LogP contribution in [0.5, 0.6) is 5.88 Å². The number of carboxylic acid groups (broad SMARTS) is 1. The third kappa shape index (κ3) is 4.27. The Bertz CT molecular complexity index is 956. The molecule has 1 aromatic carbocycles. The number of benzene rings is 1. The number of carbonyl (C=O) groups excluding carboxylic acids is 1. The predicted molar refractivity (Wildman–Crippen MR) is 106 cm³/mol. The van der Waals surface area contributed by atoms with Crippen molar-refractivity contribution in [1.29, 1.82) is 0 Å². The zero-order chi connectivity index (χ0) is 21.9. The normalized spacial score (nSPS) is 21.1. The van der Waals surface area contributed by atoms with Crippen molar-refractivity contribution in [1.82, 2.24) is 10.3 Å². The molecule has 0 bridgehead atoms. The molecule has 3 rings (SSSR count). The number of hydrogen-bond acceptors (Lipinski definition) is 4. The van der Waals surface area contributed by atoms with Crippen LogP contribution < -0.4 is 10.1 Å². The highest BCUT2D eigenvalue weighted by molar-refractivity contribution is 5.98. The first-order valence-electron chi connectivity index (χ1n) is 9.85. The first-order chi connectivity index (χ1) is 14.3. The number of hydrogen-bond donors (Lipinski definition) is 2. The highest BCUT2D eigenvalue weighted by Gasteiger charge is 2.43. The lowest BCUT2D eigenvalue weighted by atomic mass is 9.75. The van der Waals surface area contributed by atoms with Gasteiger partial charge in [0.25, 0.3) is 5.91 Å². The van der Waals surface area contributed by atoms with Crippen LogP contribution in [0.1, 0.15) is 49.4 Å². The van der Waals surface area contributed by atoms with Crippen molar-refractivity contribution in [3.05, 3.63) is 47.7 Å². The molecule has 0 spiro atoms. The molecule has 30 heavy (non-hydrogen) atoms. The van der Waals surface area contributed by atoms with E-state index in [0.29, 0.717) is 24.3 Å². The zero-order valence-corrected chi connectivity index (χ0v) is 16.9. The summed E-state index contributed by atoms with van der Waals surface area (Å²) in [6, 6.07) is 4.75. The highest BCUT2D eigenvalue weighted by Crippen LogP contribution is 2.35. The van der Waals surface area contributed by atoms with Gasteiger partial charge in [0.2, 0.25) is 5.88 Å². The number of pyridine rings is 1. The van der Waals surface area contributed by atoms with Crippen LogP contribution in [0.15, 0.2) is 30.5 Å². The fourth-order valence-corrected chi connectivity index (χ4v) is 3.87. The molecule has 1 aliphatic rings. The van der Waals surface area contributed by atoms with Crippen molar-refractivity contribution in [2.45, 2.75) is 44.6 Å². The van der Waals surface area contributed by atoms with Crippen molar-refractivity contribution < 1.29 is 28.2 Å². The minimum Gasteiger partial charge on any atom is -0.481 e. The zero-order valence-electron chi connectivity index (χ0n) is 16.9. The molecule has 0 unspecified atom stereocenters. The van der Waals surface area contributed by atoms with E-state index in [1.54, 1.807) is 0 Å². The second kappa shape index (κ2) is 8.77. The molecule has 160 valence electrons. The van der Waals surface area contributed by atoms with E-state index in [2.05, 4.69) is 17.2 Å². The summed E-state index contributed by atoms with van der Waals surface area (Å²) in [5.41, 5.74) is -0.647. The second-order valence-corrected chi connectivity index (χ2v) is 7.60. The largest absolute Gasteiger partial charge is 0.481 e. The quantitative estimate of drug-likeness (QED) is 0.734. The average Bonchev–Trinajstić information content (AvgIpc) is 2.75. The number of methoxy groups -OCH3 is 1. The molecule has 0 saturated heterocycles. The number of aliphatic carboxylic acids is 1. The molecule has 6 nitrogen and oxygen atoms in total. The minimum absolute atomic E-state index is 0.105. The van der Waals surface area contributed by atoms with E-state index in [-0.39, 0.29) is 17.0 Å². The molecule has 8 heteroatoms. The third-order valence-electron chi connectivity index (χ3n) is 5.84. The summed E-state index contributed by atoms with van der Waals surface area (Å²) in [7, 11) is 1.37. The maximum Gasteiger partial charge on any atom is 0.329 e. The number of aromatic nitrogens is 1. The number of halogens is 2. The topological polar surface area (TPSA) is 88.5 Å². The highest BCUT2D eigenvalue weighted by atomic mass is 19.2. The SMILES string of the molecule is CCC1CCC(NC(=O)c2cnc(OC)c(-c3ccc(F)c(F)c3)c2)(C(=O)O)CC1. The second-order valence-electron chi connectivity index (χ2n) is 7.60. The Hall–Kier alpha value is -3.03. The summed E-state index contributed by atoms with van der Waals surface area (Å²) in [5.74, 6) is -3.10. The maximum atomic E-state index is 13.7. The van der Waals surface area contributed by atoms with Gasteiger partial charge in [0, 0.05) is 11.8 Å². The molecule has 0 aliphatic heterocycles. The van der Waals surface area contributed by atoms with E-state index < -0.39 is 29.0 Å². The van der Waals surface area contributed by atoms with Gasteiger partial charge in [-0.3, -0.25) is 4.79 Å². The Labute approximate surface area is 173 Å². The number of carbonyl (C=O) groups is 2. The molecular weight excluding hydrogens is 394 g/mol. The molecule has 1 heterocycles. The van der Waals surface area contributed by atoms with Gasteiger partial charge < -0.3 is 15.2 Å². The lowest BCUT2D eigenvalue weighted by Crippen LogP contribution is -2.56. The average molecular weight is 418 g/mol. The number of nitrogens with one attached hydrogen (secondary N) is 1. The number of ether oxygens (including phenoxy) is 1. The van der Waals surface area contributed by atoms with Crippen molar-refractivity contribution in [3.63, 3.8) is 0 Å². The standard InChI is InChI=1S/C22H24F2N2O4/c1-3-13-6-8-22(9-7-13,21(28)29)26-19(27)15-10-16(20(30-2)25-12-15)14-4-5-17(23)18(24)11-14/h4-5,10-13H,3,6-9H2,1-2H3,(H,26,27)(H,28,29). The summed E-state index contributed by atoms with van der Waals surface area (Å²) in [6.07, 6.45) is 4.40. The fraction of sp³-hybridized carbons (Fsp3) is 0.409. The van der Waals surface area contributed by atoms with Crippen molar-refractivity contribution in [2.24, 2.45) is 5.92 Å². The van der Waals surface area contributed by atoms with Gasteiger partial charge in [0.1, 0.15) is 5.54 Å². The van der Waals surface area contributed by atoms with Crippen LogP contribution in [0.4, 0.5) is 8.78 Å². The maximum absolute atomic E-state index is 13.7. The molecule has 2 N–H and O–H groups in total. The van der Waals surface area contributed by atoms with Gasteiger partial charge in [-0.25, -0.2) is 18.6 Å². The molecule has 2 aromatic rings. The van der Waals surface area contributed by atoms with Crippen molar-refractivity contribution >= 4 is 11.9 Å². The minimum atomic E-state index is -1.33. The molecule has 1 aromatic heterocycles. The Morgan fingerprint density at radius 3 is 2.50 bits per heavy atom. The van der Waals surface area contributed by atoms with Gasteiger partial charge in [-0.15, -0.1) is 0 Å². The van der Waals surface area contributed by atoms with Gasteiger partial charge in [-0.1, -0.05) is 19.4 Å². The van der Waals surface area contributed by atoms with Crippen LogP contribution in [-0.2, 0) is 4.79 Å². The molecule has 1 saturated carbocycles. The fourth-order valence-electron chi connectivity index (χ4n) is 3.87. The summed E-state index contributed by atoms with van der Waals surface area (Å²) in [5, 5.41) is 12.5. The predicted octanol–water partition coefficient (Wildman–Crippen LogP) is 4.19. The summed E-state index contributed by atoms with van der Waals surface area (Å²) in [4.78, 5) is 28.9. The summed E-state index contributed by atoms with van der Waals surface area (Å²) in [6.45, 7) is 2.07. The summed E-state index contributed by atoms with van der Waals surface area (Å²) < 4.78 is 32.2. The van der Waals surface area contributed by atoms with Gasteiger partial charge in [0.15, 0.2) is 11.6 Å². The van der Waals surface area contributed by atoms with Crippen LogP contribution in [0.2, 0.25) is 0 Å². The van der Waals surface area contributed by atoms with E-state index in [0.717, 1.165) is 31.4 Å². The molecule has 1 fully saturated rings. The Morgan fingerprint density at radius 1 is 1.23 bits per heavy atom.